The highest BCUT2D eigenvalue weighted by Gasteiger charge is 2.22. The summed E-state index contributed by atoms with van der Waals surface area (Å²) in [6.45, 7) is 4.15. The highest BCUT2D eigenvalue weighted by atomic mass is 16.5. The molecule has 1 atom stereocenters. The van der Waals surface area contributed by atoms with Crippen LogP contribution in [-0.2, 0) is 4.74 Å². The maximum absolute atomic E-state index is 5.33. The van der Waals surface area contributed by atoms with Gasteiger partial charge in [0.1, 0.15) is 0 Å². The predicted octanol–water partition coefficient (Wildman–Crippen LogP) is 1.47. The van der Waals surface area contributed by atoms with Gasteiger partial charge in [-0.1, -0.05) is 12.8 Å². The molecule has 1 saturated carbocycles. The number of ether oxygens (including phenoxy) is 1. The zero-order valence-electron chi connectivity index (χ0n) is 7.67. The van der Waals surface area contributed by atoms with E-state index in [4.69, 9.17) is 4.74 Å². The highest BCUT2D eigenvalue weighted by Crippen LogP contribution is 2.21. The first-order chi connectivity index (χ1) is 5.97. The average Bonchev–Trinajstić information content (AvgIpc) is 2.21. The standard InChI is InChI=1S/C10H18NO/c1-2-4-10(5-3-1)11-6-8-12-9-7-11/h4,10H,1-3,5-9H2. The van der Waals surface area contributed by atoms with E-state index in [-0.39, 0.29) is 0 Å². The summed E-state index contributed by atoms with van der Waals surface area (Å²) in [7, 11) is 0. The van der Waals surface area contributed by atoms with Crippen molar-refractivity contribution in [3.8, 4) is 0 Å². The number of rotatable bonds is 1. The smallest absolute Gasteiger partial charge is 0.0594 e. The molecule has 1 aliphatic carbocycles. The normalized spacial score (nSPS) is 29.0. The lowest BCUT2D eigenvalue weighted by atomic mass is 9.94. The van der Waals surface area contributed by atoms with E-state index in [0.717, 1.165) is 32.3 Å². The topological polar surface area (TPSA) is 12.5 Å². The molecule has 1 saturated heterocycles. The van der Waals surface area contributed by atoms with Gasteiger partial charge in [0.05, 0.1) is 13.2 Å². The summed E-state index contributed by atoms with van der Waals surface area (Å²) in [6, 6.07) is 0.766. The van der Waals surface area contributed by atoms with Crippen LogP contribution in [0.15, 0.2) is 0 Å². The Kier molecular flexibility index (Phi) is 3.01. The second kappa shape index (κ2) is 4.24. The molecule has 12 heavy (non-hydrogen) atoms. The zero-order valence-corrected chi connectivity index (χ0v) is 7.67. The third-order valence-electron chi connectivity index (χ3n) is 2.91. The van der Waals surface area contributed by atoms with Gasteiger partial charge in [-0.15, -0.1) is 0 Å². The molecule has 2 rings (SSSR count). The Morgan fingerprint density at radius 2 is 2.00 bits per heavy atom. The molecular formula is C10H18NO. The molecule has 0 bridgehead atoms. The van der Waals surface area contributed by atoms with Crippen LogP contribution in [0.4, 0.5) is 0 Å². The Labute approximate surface area is 74.9 Å². The molecule has 0 aromatic carbocycles. The van der Waals surface area contributed by atoms with E-state index in [0.29, 0.717) is 0 Å². The van der Waals surface area contributed by atoms with E-state index < -0.39 is 0 Å². The molecule has 2 nitrogen and oxygen atoms in total. The summed E-state index contributed by atoms with van der Waals surface area (Å²) in [6.07, 6.45) is 8.01. The Balaban J connectivity index is 1.80. The third-order valence-corrected chi connectivity index (χ3v) is 2.91. The van der Waals surface area contributed by atoms with E-state index in [9.17, 15) is 0 Å². The van der Waals surface area contributed by atoms with Crippen molar-refractivity contribution in [3.05, 3.63) is 6.42 Å². The van der Waals surface area contributed by atoms with E-state index in [1.54, 1.807) is 0 Å². The van der Waals surface area contributed by atoms with Crippen LogP contribution in [0.2, 0.25) is 0 Å². The fourth-order valence-electron chi connectivity index (χ4n) is 2.17. The fourth-order valence-corrected chi connectivity index (χ4v) is 2.17. The first-order valence-corrected chi connectivity index (χ1v) is 5.12. The van der Waals surface area contributed by atoms with Crippen molar-refractivity contribution in [1.29, 1.82) is 0 Å². The molecule has 2 fully saturated rings. The summed E-state index contributed by atoms with van der Waals surface area (Å²) in [5, 5.41) is 0. The maximum Gasteiger partial charge on any atom is 0.0594 e. The Morgan fingerprint density at radius 3 is 2.67 bits per heavy atom. The minimum Gasteiger partial charge on any atom is -0.379 e. The maximum atomic E-state index is 5.33. The molecule has 1 heterocycles. The Hall–Kier alpha value is -0.0800. The van der Waals surface area contributed by atoms with Gasteiger partial charge in [-0.2, -0.15) is 0 Å². The summed E-state index contributed by atoms with van der Waals surface area (Å²) in [5.41, 5.74) is 0. The molecule has 0 spiro atoms. The molecule has 0 aromatic heterocycles. The van der Waals surface area contributed by atoms with Crippen molar-refractivity contribution in [2.45, 2.75) is 31.7 Å². The van der Waals surface area contributed by atoms with Gasteiger partial charge in [-0.25, -0.2) is 0 Å². The Bertz CT molecular complexity index is 110. The monoisotopic (exact) mass is 168 g/mol. The largest absolute Gasteiger partial charge is 0.379 e. The number of hydrogen-bond donors (Lipinski definition) is 0. The molecule has 0 amide bonds. The first kappa shape index (κ1) is 8.52. The van der Waals surface area contributed by atoms with Gasteiger partial charge in [0.2, 0.25) is 0 Å². The quantitative estimate of drug-likeness (QED) is 0.588. The van der Waals surface area contributed by atoms with E-state index in [2.05, 4.69) is 11.3 Å². The summed E-state index contributed by atoms with van der Waals surface area (Å²) in [5.74, 6) is 0. The fraction of sp³-hybridized carbons (Fsp3) is 0.900. The van der Waals surface area contributed by atoms with Crippen molar-refractivity contribution in [3.63, 3.8) is 0 Å². The van der Waals surface area contributed by atoms with Crippen LogP contribution in [0, 0.1) is 6.42 Å². The van der Waals surface area contributed by atoms with Crippen LogP contribution in [0.25, 0.3) is 0 Å². The molecule has 1 unspecified atom stereocenters. The van der Waals surface area contributed by atoms with Crippen molar-refractivity contribution in [2.75, 3.05) is 26.3 Å². The molecule has 1 aliphatic heterocycles. The minimum absolute atomic E-state index is 0.766. The van der Waals surface area contributed by atoms with Gasteiger partial charge >= 0.3 is 0 Å². The lowest BCUT2D eigenvalue weighted by Gasteiger charge is -2.36. The van der Waals surface area contributed by atoms with E-state index >= 15 is 0 Å². The lowest BCUT2D eigenvalue weighted by molar-refractivity contribution is 0.0182. The van der Waals surface area contributed by atoms with E-state index in [1.807, 2.05) is 0 Å². The lowest BCUT2D eigenvalue weighted by Crippen LogP contribution is -2.44. The second-order valence-corrected chi connectivity index (χ2v) is 3.74. The molecule has 0 aromatic rings. The highest BCUT2D eigenvalue weighted by molar-refractivity contribution is 4.89. The van der Waals surface area contributed by atoms with Gasteiger partial charge < -0.3 is 4.74 Å². The van der Waals surface area contributed by atoms with Gasteiger partial charge in [0.15, 0.2) is 0 Å². The van der Waals surface area contributed by atoms with Crippen LogP contribution < -0.4 is 0 Å². The average molecular weight is 168 g/mol. The predicted molar refractivity (Wildman–Crippen MR) is 48.9 cm³/mol. The van der Waals surface area contributed by atoms with Crippen molar-refractivity contribution in [2.24, 2.45) is 0 Å². The summed E-state index contributed by atoms with van der Waals surface area (Å²) in [4.78, 5) is 2.57. The van der Waals surface area contributed by atoms with Crippen molar-refractivity contribution < 1.29 is 4.74 Å². The van der Waals surface area contributed by atoms with Gasteiger partial charge in [-0.05, 0) is 19.3 Å². The molecule has 1 radical (unpaired) electrons. The molecule has 0 N–H and O–H groups in total. The Morgan fingerprint density at radius 1 is 1.17 bits per heavy atom. The SMILES string of the molecule is [CH]1CCCCC1N1CCOCC1. The van der Waals surface area contributed by atoms with Crippen LogP contribution in [0.5, 0.6) is 0 Å². The molecule has 2 heteroatoms. The van der Waals surface area contributed by atoms with Crippen LogP contribution >= 0.6 is 0 Å². The van der Waals surface area contributed by atoms with E-state index in [1.165, 1.54) is 25.7 Å². The second-order valence-electron chi connectivity index (χ2n) is 3.74. The molecule has 2 aliphatic rings. The number of nitrogens with zero attached hydrogens (tertiary/aromatic N) is 1. The molecule has 69 valence electrons. The first-order valence-electron chi connectivity index (χ1n) is 5.12. The number of hydrogen-bond acceptors (Lipinski definition) is 2. The third kappa shape index (κ3) is 1.99. The van der Waals surface area contributed by atoms with Crippen molar-refractivity contribution in [1.82, 2.24) is 4.90 Å². The van der Waals surface area contributed by atoms with Crippen molar-refractivity contribution >= 4 is 0 Å². The van der Waals surface area contributed by atoms with Crippen LogP contribution in [0.3, 0.4) is 0 Å². The van der Waals surface area contributed by atoms with Gasteiger partial charge in [-0.3, -0.25) is 4.90 Å². The number of morpholine rings is 1. The zero-order chi connectivity index (χ0) is 8.23. The molecular weight excluding hydrogens is 150 g/mol. The summed E-state index contributed by atoms with van der Waals surface area (Å²) >= 11 is 0. The van der Waals surface area contributed by atoms with Crippen LogP contribution in [-0.4, -0.2) is 37.2 Å². The van der Waals surface area contributed by atoms with Gasteiger partial charge in [0, 0.05) is 19.1 Å². The van der Waals surface area contributed by atoms with Gasteiger partial charge in [0.25, 0.3) is 0 Å². The summed E-state index contributed by atoms with van der Waals surface area (Å²) < 4.78 is 5.33. The minimum atomic E-state index is 0.766. The van der Waals surface area contributed by atoms with Crippen LogP contribution in [0.1, 0.15) is 25.7 Å².